The molecule has 2 aromatic rings. The molecule has 1 fully saturated rings. The topological polar surface area (TPSA) is 96.7 Å². The fourth-order valence-corrected chi connectivity index (χ4v) is 4.60. The SMILES string of the molecule is Nc1cc(S(=O)(=O)N[C@@H](CN2CCNCC2)c2ccc(Cl)cc2)ccc1OC(F)(F)F. The van der Waals surface area contributed by atoms with Crippen molar-refractivity contribution in [1.29, 1.82) is 0 Å². The van der Waals surface area contributed by atoms with Gasteiger partial charge in [0.05, 0.1) is 16.6 Å². The number of alkyl halides is 3. The number of nitrogen functional groups attached to an aromatic ring is 1. The molecule has 0 radical (unpaired) electrons. The molecular weight excluding hydrogens is 457 g/mol. The van der Waals surface area contributed by atoms with Gasteiger partial charge in [-0.05, 0) is 35.9 Å². The molecule has 3 rings (SSSR count). The van der Waals surface area contributed by atoms with Crippen molar-refractivity contribution in [2.24, 2.45) is 0 Å². The van der Waals surface area contributed by atoms with Gasteiger partial charge in [-0.25, -0.2) is 13.1 Å². The Morgan fingerprint density at radius 1 is 1.16 bits per heavy atom. The molecule has 0 amide bonds. The highest BCUT2D eigenvalue weighted by atomic mass is 35.5. The zero-order valence-corrected chi connectivity index (χ0v) is 17.9. The van der Waals surface area contributed by atoms with Gasteiger partial charge in [0, 0.05) is 37.7 Å². The van der Waals surface area contributed by atoms with Gasteiger partial charge in [0.25, 0.3) is 0 Å². The Morgan fingerprint density at radius 2 is 1.81 bits per heavy atom. The lowest BCUT2D eigenvalue weighted by molar-refractivity contribution is -0.274. The van der Waals surface area contributed by atoms with E-state index in [1.807, 2.05) is 0 Å². The van der Waals surface area contributed by atoms with Crippen molar-refractivity contribution in [2.75, 3.05) is 38.5 Å². The van der Waals surface area contributed by atoms with Crippen molar-refractivity contribution in [3.63, 3.8) is 0 Å². The number of rotatable bonds is 7. The normalized spacial score (nSPS) is 16.8. The Bertz CT molecular complexity index is 997. The van der Waals surface area contributed by atoms with E-state index in [9.17, 15) is 21.6 Å². The summed E-state index contributed by atoms with van der Waals surface area (Å²) in [5.41, 5.74) is 5.85. The summed E-state index contributed by atoms with van der Waals surface area (Å²) in [5, 5.41) is 3.75. The number of sulfonamides is 1. The molecule has 0 aromatic heterocycles. The van der Waals surface area contributed by atoms with E-state index in [1.54, 1.807) is 24.3 Å². The van der Waals surface area contributed by atoms with Crippen LogP contribution in [0.15, 0.2) is 47.4 Å². The molecule has 0 bridgehead atoms. The minimum atomic E-state index is -4.93. The Labute approximate surface area is 183 Å². The monoisotopic (exact) mass is 478 g/mol. The molecule has 1 heterocycles. The van der Waals surface area contributed by atoms with E-state index in [4.69, 9.17) is 17.3 Å². The van der Waals surface area contributed by atoms with Crippen LogP contribution in [-0.2, 0) is 10.0 Å². The highest BCUT2D eigenvalue weighted by molar-refractivity contribution is 7.89. The van der Waals surface area contributed by atoms with Crippen LogP contribution in [0, 0.1) is 0 Å². The van der Waals surface area contributed by atoms with Crippen LogP contribution >= 0.6 is 11.6 Å². The minimum Gasteiger partial charge on any atom is -0.404 e. The Hall–Kier alpha value is -2.05. The lowest BCUT2D eigenvalue weighted by atomic mass is 10.1. The van der Waals surface area contributed by atoms with Gasteiger partial charge >= 0.3 is 6.36 Å². The lowest BCUT2D eigenvalue weighted by Gasteiger charge is -2.31. The number of ether oxygens (including phenoxy) is 1. The second kappa shape index (κ2) is 9.61. The minimum absolute atomic E-state index is 0.265. The molecule has 0 saturated carbocycles. The van der Waals surface area contributed by atoms with Crippen molar-refractivity contribution in [1.82, 2.24) is 14.9 Å². The molecule has 0 aliphatic carbocycles. The average Bonchev–Trinajstić information content (AvgIpc) is 2.69. The predicted molar refractivity (Wildman–Crippen MR) is 111 cm³/mol. The summed E-state index contributed by atoms with van der Waals surface area (Å²) >= 11 is 5.95. The highest BCUT2D eigenvalue weighted by Crippen LogP contribution is 2.30. The molecule has 2 aromatic carbocycles. The quantitative estimate of drug-likeness (QED) is 0.529. The first-order valence-electron chi connectivity index (χ1n) is 9.40. The van der Waals surface area contributed by atoms with E-state index in [2.05, 4.69) is 19.7 Å². The summed E-state index contributed by atoms with van der Waals surface area (Å²) < 4.78 is 69.7. The third-order valence-corrected chi connectivity index (χ3v) is 6.46. The van der Waals surface area contributed by atoms with Gasteiger partial charge in [0.15, 0.2) is 5.75 Å². The number of nitrogens with two attached hydrogens (primary N) is 1. The number of halogens is 4. The number of piperazine rings is 1. The molecule has 1 aliphatic rings. The molecule has 1 saturated heterocycles. The van der Waals surface area contributed by atoms with E-state index in [-0.39, 0.29) is 4.90 Å². The number of hydrogen-bond donors (Lipinski definition) is 3. The second-order valence-electron chi connectivity index (χ2n) is 7.02. The molecule has 1 atom stereocenters. The maximum Gasteiger partial charge on any atom is 0.573 e. The number of anilines is 1. The van der Waals surface area contributed by atoms with Gasteiger partial charge < -0.3 is 15.8 Å². The Kier molecular flexibility index (Phi) is 7.32. The molecule has 31 heavy (non-hydrogen) atoms. The first-order chi connectivity index (χ1) is 14.5. The van der Waals surface area contributed by atoms with Crippen molar-refractivity contribution in [3.05, 3.63) is 53.1 Å². The second-order valence-corrected chi connectivity index (χ2v) is 9.17. The van der Waals surface area contributed by atoms with Gasteiger partial charge in [0.1, 0.15) is 0 Å². The predicted octanol–water partition coefficient (Wildman–Crippen LogP) is 2.75. The van der Waals surface area contributed by atoms with Crippen LogP contribution in [0.4, 0.5) is 18.9 Å². The smallest absolute Gasteiger partial charge is 0.404 e. The molecule has 12 heteroatoms. The zero-order chi connectivity index (χ0) is 22.6. The maximum atomic E-state index is 13.0. The Morgan fingerprint density at radius 3 is 2.39 bits per heavy atom. The summed E-state index contributed by atoms with van der Waals surface area (Å²) in [6.07, 6.45) is -4.93. The third-order valence-electron chi connectivity index (χ3n) is 4.74. The molecule has 4 N–H and O–H groups in total. The fourth-order valence-electron chi connectivity index (χ4n) is 3.22. The van der Waals surface area contributed by atoms with Crippen molar-refractivity contribution in [2.45, 2.75) is 17.3 Å². The van der Waals surface area contributed by atoms with Crippen LogP contribution in [-0.4, -0.2) is 52.4 Å². The average molecular weight is 479 g/mol. The summed E-state index contributed by atoms with van der Waals surface area (Å²) in [4.78, 5) is 1.85. The van der Waals surface area contributed by atoms with Crippen LogP contribution in [0.5, 0.6) is 5.75 Å². The van der Waals surface area contributed by atoms with Crippen LogP contribution < -0.4 is 20.5 Å². The standard InChI is InChI=1S/C19H22ClF3N4O3S/c20-14-3-1-13(2-4-14)17(12-27-9-7-25-8-10-27)26-31(28,29)15-5-6-18(16(24)11-15)30-19(21,22)23/h1-6,11,17,25-26H,7-10,12,24H2/t17-/m0/s1. The Balaban J connectivity index is 1.84. The van der Waals surface area contributed by atoms with E-state index in [1.165, 1.54) is 0 Å². The van der Waals surface area contributed by atoms with Crippen LogP contribution in [0.1, 0.15) is 11.6 Å². The lowest BCUT2D eigenvalue weighted by Crippen LogP contribution is -2.47. The molecule has 170 valence electrons. The fraction of sp³-hybridized carbons (Fsp3) is 0.368. The number of benzene rings is 2. The van der Waals surface area contributed by atoms with E-state index >= 15 is 0 Å². The van der Waals surface area contributed by atoms with Gasteiger partial charge in [-0.3, -0.25) is 4.90 Å². The van der Waals surface area contributed by atoms with Gasteiger partial charge in [-0.2, -0.15) is 0 Å². The van der Waals surface area contributed by atoms with E-state index < -0.39 is 33.9 Å². The zero-order valence-electron chi connectivity index (χ0n) is 16.3. The number of nitrogens with zero attached hydrogens (tertiary/aromatic N) is 1. The maximum absolute atomic E-state index is 13.0. The summed E-state index contributed by atoms with van der Waals surface area (Å²) in [5.74, 6) is -0.665. The van der Waals surface area contributed by atoms with Crippen LogP contribution in [0.3, 0.4) is 0 Å². The van der Waals surface area contributed by atoms with Crippen molar-refractivity contribution in [3.8, 4) is 5.75 Å². The van der Waals surface area contributed by atoms with Crippen LogP contribution in [0.2, 0.25) is 5.02 Å². The van der Waals surface area contributed by atoms with E-state index in [0.29, 0.717) is 17.1 Å². The molecular formula is C19H22ClF3N4O3S. The third kappa shape index (κ3) is 6.71. The first-order valence-corrected chi connectivity index (χ1v) is 11.3. The van der Waals surface area contributed by atoms with Crippen LogP contribution in [0.25, 0.3) is 0 Å². The largest absolute Gasteiger partial charge is 0.573 e. The first kappa shape index (κ1) is 23.6. The van der Waals surface area contributed by atoms with Gasteiger partial charge in [0.2, 0.25) is 10.0 Å². The molecule has 0 spiro atoms. The van der Waals surface area contributed by atoms with Crippen molar-refractivity contribution < 1.29 is 26.3 Å². The van der Waals surface area contributed by atoms with E-state index in [0.717, 1.165) is 44.4 Å². The van der Waals surface area contributed by atoms with Crippen molar-refractivity contribution >= 4 is 27.3 Å². The molecule has 0 unspecified atom stereocenters. The van der Waals surface area contributed by atoms with Gasteiger partial charge in [-0.15, -0.1) is 13.2 Å². The molecule has 1 aliphatic heterocycles. The highest BCUT2D eigenvalue weighted by Gasteiger charge is 2.32. The summed E-state index contributed by atoms with van der Waals surface area (Å²) in [6.45, 7) is 3.49. The van der Waals surface area contributed by atoms with Gasteiger partial charge in [-0.1, -0.05) is 23.7 Å². The number of hydrogen-bond acceptors (Lipinski definition) is 6. The molecule has 7 nitrogen and oxygen atoms in total. The summed E-state index contributed by atoms with van der Waals surface area (Å²) in [7, 11) is -4.09. The number of nitrogens with one attached hydrogen (secondary N) is 2. The summed E-state index contributed by atoms with van der Waals surface area (Å²) in [6, 6.07) is 9.02.